The monoisotopic (exact) mass is 585 g/mol. The summed E-state index contributed by atoms with van der Waals surface area (Å²) in [5.74, 6) is -2.70. The average molecular weight is 586 g/mol. The van der Waals surface area contributed by atoms with Gasteiger partial charge in [0.05, 0.1) is 16.8 Å². The van der Waals surface area contributed by atoms with Crippen molar-refractivity contribution in [1.29, 1.82) is 0 Å². The predicted octanol–water partition coefficient (Wildman–Crippen LogP) is 5.41. The third-order valence-electron chi connectivity index (χ3n) is 6.01. The number of alkyl halides is 3. The van der Waals surface area contributed by atoms with Gasteiger partial charge in [-0.3, -0.25) is 14.6 Å². The van der Waals surface area contributed by atoms with Gasteiger partial charge in [0, 0.05) is 36.5 Å². The van der Waals surface area contributed by atoms with Gasteiger partial charge in [0.2, 0.25) is 0 Å². The summed E-state index contributed by atoms with van der Waals surface area (Å²) in [6.45, 7) is 6.89. The minimum absolute atomic E-state index is 0.0343. The van der Waals surface area contributed by atoms with Gasteiger partial charge < -0.3 is 21.1 Å². The summed E-state index contributed by atoms with van der Waals surface area (Å²) >= 11 is 0. The molecule has 0 spiro atoms. The van der Waals surface area contributed by atoms with E-state index in [1.807, 2.05) is 20.8 Å². The zero-order chi connectivity index (χ0) is 31.0. The second-order valence-corrected chi connectivity index (χ2v) is 10.3. The maximum Gasteiger partial charge on any atom is 0.416 e. The molecule has 0 bridgehead atoms. The fourth-order valence-corrected chi connectivity index (χ4v) is 3.81. The minimum Gasteiger partial charge on any atom is -0.455 e. The van der Waals surface area contributed by atoms with Crippen molar-refractivity contribution in [3.8, 4) is 17.3 Å². The summed E-state index contributed by atoms with van der Waals surface area (Å²) in [5, 5.41) is 9.32. The molecule has 0 atom stereocenters. The first-order valence-corrected chi connectivity index (χ1v) is 12.5. The van der Waals surface area contributed by atoms with Gasteiger partial charge in [-0.25, -0.2) is 9.37 Å². The molecule has 220 valence electrons. The number of anilines is 2. The van der Waals surface area contributed by atoms with Crippen LogP contribution in [0, 0.1) is 12.7 Å². The number of carbonyl (C=O) groups is 2. The highest BCUT2D eigenvalue weighted by Crippen LogP contribution is 2.34. The van der Waals surface area contributed by atoms with E-state index < -0.39 is 46.0 Å². The Morgan fingerprint density at radius 1 is 1.02 bits per heavy atom. The Kier molecular flexibility index (Phi) is 7.92. The van der Waals surface area contributed by atoms with Crippen LogP contribution in [0.4, 0.5) is 29.1 Å². The van der Waals surface area contributed by atoms with E-state index in [0.29, 0.717) is 5.69 Å². The lowest BCUT2D eigenvalue weighted by atomic mass is 9.92. The number of amides is 2. The lowest BCUT2D eigenvalue weighted by Gasteiger charge is -2.14. The normalized spacial score (nSPS) is 11.7. The fourth-order valence-electron chi connectivity index (χ4n) is 3.81. The zero-order valence-corrected chi connectivity index (χ0v) is 23.2. The van der Waals surface area contributed by atoms with E-state index in [9.17, 15) is 22.8 Å². The molecule has 0 radical (unpaired) electrons. The number of hydrogen-bond donors (Lipinski definition) is 3. The first kappa shape index (κ1) is 30.0. The number of pyridine rings is 2. The topological polar surface area (TPSA) is 137 Å². The van der Waals surface area contributed by atoms with Crippen LogP contribution in [0.2, 0.25) is 0 Å². The van der Waals surface area contributed by atoms with E-state index in [1.54, 1.807) is 0 Å². The second-order valence-electron chi connectivity index (χ2n) is 10.3. The molecular weight excluding hydrogens is 558 g/mol. The van der Waals surface area contributed by atoms with Crippen LogP contribution in [0.25, 0.3) is 5.82 Å². The summed E-state index contributed by atoms with van der Waals surface area (Å²) in [6, 6.07) is 8.33. The fraction of sp³-hybridized carbons (Fsp3) is 0.250. The van der Waals surface area contributed by atoms with Gasteiger partial charge in [-0.2, -0.15) is 23.0 Å². The van der Waals surface area contributed by atoms with Crippen LogP contribution < -0.4 is 21.1 Å². The quantitative estimate of drug-likeness (QED) is 0.203. The number of nitrogen functional groups attached to an aromatic ring is 1. The first-order chi connectivity index (χ1) is 19.6. The molecule has 3 heterocycles. The van der Waals surface area contributed by atoms with E-state index in [2.05, 4.69) is 25.7 Å². The van der Waals surface area contributed by atoms with Gasteiger partial charge in [0.1, 0.15) is 22.9 Å². The Morgan fingerprint density at radius 2 is 1.74 bits per heavy atom. The van der Waals surface area contributed by atoms with Crippen molar-refractivity contribution in [3.05, 3.63) is 82.7 Å². The highest BCUT2D eigenvalue weighted by Gasteiger charge is 2.32. The van der Waals surface area contributed by atoms with E-state index in [-0.39, 0.29) is 34.5 Å². The Bertz CT molecular complexity index is 1680. The molecule has 0 saturated heterocycles. The number of carbonyl (C=O) groups excluding carboxylic acids is 2. The molecule has 1 aromatic carbocycles. The van der Waals surface area contributed by atoms with E-state index in [0.717, 1.165) is 22.9 Å². The number of nitrogens with two attached hydrogens (primary N) is 1. The molecule has 42 heavy (non-hydrogen) atoms. The van der Waals surface area contributed by atoms with E-state index in [1.165, 1.54) is 44.4 Å². The van der Waals surface area contributed by atoms with Crippen molar-refractivity contribution in [2.24, 2.45) is 0 Å². The Balaban J connectivity index is 1.68. The number of aromatic nitrogens is 4. The predicted molar refractivity (Wildman–Crippen MR) is 146 cm³/mol. The molecule has 0 unspecified atom stereocenters. The van der Waals surface area contributed by atoms with Gasteiger partial charge in [0.15, 0.2) is 17.4 Å². The van der Waals surface area contributed by atoms with Gasteiger partial charge in [0.25, 0.3) is 11.8 Å². The average Bonchev–Trinajstić information content (AvgIpc) is 3.34. The van der Waals surface area contributed by atoms with Crippen LogP contribution in [0.15, 0.2) is 48.7 Å². The summed E-state index contributed by atoms with van der Waals surface area (Å²) < 4.78 is 62.5. The number of nitrogens with zero attached hydrogens (tertiary/aromatic N) is 4. The second kappa shape index (κ2) is 11.1. The zero-order valence-electron chi connectivity index (χ0n) is 23.2. The number of aryl methyl sites for hydroxylation is 1. The molecule has 4 N–H and O–H groups in total. The summed E-state index contributed by atoms with van der Waals surface area (Å²) in [5.41, 5.74) is 4.06. The Hall–Kier alpha value is -5.01. The molecule has 10 nitrogen and oxygen atoms in total. The Morgan fingerprint density at radius 3 is 2.38 bits per heavy atom. The maximum absolute atomic E-state index is 15.3. The minimum atomic E-state index is -4.64. The number of benzene rings is 1. The molecule has 0 aliphatic carbocycles. The summed E-state index contributed by atoms with van der Waals surface area (Å²) in [6.07, 6.45) is -3.32. The van der Waals surface area contributed by atoms with Crippen LogP contribution in [0.1, 0.15) is 58.6 Å². The number of hydrogen-bond acceptors (Lipinski definition) is 7. The molecule has 2 amide bonds. The molecule has 0 fully saturated rings. The Labute approximate surface area is 237 Å². The lowest BCUT2D eigenvalue weighted by Crippen LogP contribution is -2.19. The molecule has 4 rings (SSSR count). The van der Waals surface area contributed by atoms with Gasteiger partial charge >= 0.3 is 6.18 Å². The maximum atomic E-state index is 15.3. The highest BCUT2D eigenvalue weighted by molar-refractivity contribution is 6.05. The largest absolute Gasteiger partial charge is 0.455 e. The highest BCUT2D eigenvalue weighted by atomic mass is 19.4. The molecule has 0 saturated carbocycles. The number of ether oxygens (including phenoxy) is 1. The number of rotatable bonds is 6. The smallest absolute Gasteiger partial charge is 0.416 e. The molecule has 14 heteroatoms. The van der Waals surface area contributed by atoms with Crippen LogP contribution in [0.5, 0.6) is 11.5 Å². The third kappa shape index (κ3) is 6.32. The lowest BCUT2D eigenvalue weighted by molar-refractivity contribution is -0.137. The van der Waals surface area contributed by atoms with Crippen molar-refractivity contribution in [1.82, 2.24) is 25.1 Å². The van der Waals surface area contributed by atoms with Gasteiger partial charge in [-0.05, 0) is 37.3 Å². The number of halogens is 4. The SMILES string of the molecule is CNC(=O)c1cc(Oc2ccc(C(=O)Nc3cc(C(C)(C)C)nn3-c3cc(C(F)(F)F)cc(C)n3)c(F)c2N)ccn1. The van der Waals surface area contributed by atoms with Crippen molar-refractivity contribution >= 4 is 23.3 Å². The van der Waals surface area contributed by atoms with Gasteiger partial charge in [-0.15, -0.1) is 0 Å². The number of nitrogens with one attached hydrogen (secondary N) is 2. The van der Waals surface area contributed by atoms with Crippen LogP contribution in [-0.2, 0) is 11.6 Å². The van der Waals surface area contributed by atoms with E-state index in [4.69, 9.17) is 10.5 Å². The van der Waals surface area contributed by atoms with Crippen LogP contribution >= 0.6 is 0 Å². The van der Waals surface area contributed by atoms with Crippen LogP contribution in [0.3, 0.4) is 0 Å². The molecule has 0 aliphatic heterocycles. The first-order valence-electron chi connectivity index (χ1n) is 12.5. The molecule has 4 aromatic rings. The van der Waals surface area contributed by atoms with E-state index >= 15 is 4.39 Å². The third-order valence-corrected chi connectivity index (χ3v) is 6.01. The van der Waals surface area contributed by atoms with Crippen molar-refractivity contribution in [2.75, 3.05) is 18.1 Å². The van der Waals surface area contributed by atoms with Crippen molar-refractivity contribution < 1.29 is 31.9 Å². The molecule has 3 aromatic heterocycles. The standard InChI is InChI=1S/C28H27F4N7O3/c1-14-10-15(28(30,31)32)11-21(36-14)39-22(13-20(38-39)27(2,3)4)37-25(40)17-6-7-19(24(33)23(17)29)42-16-8-9-35-18(12-16)26(41)34-5/h6-13H,33H2,1-5H3,(H,34,41)(H,37,40). The van der Waals surface area contributed by atoms with Crippen molar-refractivity contribution in [2.45, 2.75) is 39.3 Å². The molecular formula is C28H27F4N7O3. The van der Waals surface area contributed by atoms with Crippen molar-refractivity contribution in [3.63, 3.8) is 0 Å². The van der Waals surface area contributed by atoms with Crippen LogP contribution in [-0.4, -0.2) is 38.6 Å². The van der Waals surface area contributed by atoms with Gasteiger partial charge in [-0.1, -0.05) is 20.8 Å². The molecule has 0 aliphatic rings. The summed E-state index contributed by atoms with van der Waals surface area (Å²) in [7, 11) is 1.43. The summed E-state index contributed by atoms with van der Waals surface area (Å²) in [4.78, 5) is 33.1.